The zero-order valence-electron chi connectivity index (χ0n) is 59.6. The van der Waals surface area contributed by atoms with Crippen molar-refractivity contribution < 1.29 is 50.1 Å². The normalized spacial score (nSPS) is 15.3. The Labute approximate surface area is 638 Å². The molecule has 4 aromatic heterocycles. The van der Waals surface area contributed by atoms with Gasteiger partial charge >= 0.3 is 0 Å². The van der Waals surface area contributed by atoms with Gasteiger partial charge in [-0.3, -0.25) is 33.3 Å². The molecule has 4 aliphatic heterocycles. The van der Waals surface area contributed by atoms with Crippen molar-refractivity contribution in [2.75, 3.05) is 112 Å². The van der Waals surface area contributed by atoms with Crippen molar-refractivity contribution in [1.29, 1.82) is 0 Å². The average Bonchev–Trinajstić information content (AvgIpc) is 1.50. The summed E-state index contributed by atoms with van der Waals surface area (Å²) in [5.74, 6) is 0.309. The first kappa shape index (κ1) is 76.1. The maximum Gasteiger partial charge on any atom is 0.263 e. The quantitative estimate of drug-likeness (QED) is 0.0638. The first-order valence-electron chi connectivity index (χ1n) is 35.1. The number of amides is 4. The summed E-state index contributed by atoms with van der Waals surface area (Å²) in [6.07, 6.45) is 12.2. The minimum Gasteiger partial charge on any atom is -0.368 e. The molecular weight excluding hydrogens is 1460 g/mol. The van der Waals surface area contributed by atoms with Gasteiger partial charge in [0.1, 0.15) is 36.4 Å². The summed E-state index contributed by atoms with van der Waals surface area (Å²) in [6, 6.07) is 46.6. The van der Waals surface area contributed by atoms with Crippen molar-refractivity contribution in [1.82, 2.24) is 44.2 Å². The van der Waals surface area contributed by atoms with E-state index in [4.69, 9.17) is 11.6 Å². The van der Waals surface area contributed by atoms with Crippen molar-refractivity contribution in [2.24, 2.45) is 0 Å². The summed E-state index contributed by atoms with van der Waals surface area (Å²) in [7, 11) is -11.3. The lowest BCUT2D eigenvalue weighted by Gasteiger charge is -2.46. The first-order valence-corrected chi connectivity index (χ1v) is 40.8. The summed E-state index contributed by atoms with van der Waals surface area (Å²) >= 11 is 7.38. The molecule has 107 heavy (non-hydrogen) atoms. The molecule has 0 saturated carbocycles. The van der Waals surface area contributed by atoms with E-state index < -0.39 is 35.6 Å². The van der Waals surface area contributed by atoms with Crippen LogP contribution in [0.2, 0.25) is 5.02 Å². The number of hydrogen-bond acceptors (Lipinski definition) is 19. The molecule has 1 atom stereocenters. The van der Waals surface area contributed by atoms with Gasteiger partial charge in [0.2, 0.25) is 23.6 Å². The predicted octanol–water partition coefficient (Wildman–Crippen LogP) is 11.4. The van der Waals surface area contributed by atoms with E-state index in [0.29, 0.717) is 89.1 Å². The third kappa shape index (κ3) is 18.3. The molecule has 3 fully saturated rings. The van der Waals surface area contributed by atoms with E-state index in [2.05, 4.69) is 83.6 Å². The van der Waals surface area contributed by atoms with Gasteiger partial charge in [0, 0.05) is 160 Å². The lowest BCUT2D eigenvalue weighted by molar-refractivity contribution is -0.140. The zero-order chi connectivity index (χ0) is 75.5. The number of carbonyl (C=O) groups excluding carboxylic acids is 4. The smallest absolute Gasteiger partial charge is 0.263 e. The molecule has 6 aromatic carbocycles. The summed E-state index contributed by atoms with van der Waals surface area (Å²) in [6.45, 7) is 15.3. The highest BCUT2D eigenvalue weighted by Gasteiger charge is 2.42. The third-order valence-electron chi connectivity index (χ3n) is 19.3. The minimum atomic E-state index is -3.79. The monoisotopic (exact) mass is 1550 g/mol. The number of sulfonamides is 3. The number of rotatable bonds is 20. The van der Waals surface area contributed by atoms with Crippen molar-refractivity contribution in [3.05, 3.63) is 222 Å². The number of nitrogens with zero attached hydrogens (tertiary/aromatic N) is 13. The van der Waals surface area contributed by atoms with Crippen molar-refractivity contribution in [2.45, 2.75) is 86.1 Å². The Balaban J connectivity index is 0.000000206. The van der Waals surface area contributed by atoms with E-state index in [9.17, 15) is 44.4 Å². The second-order valence-electron chi connectivity index (χ2n) is 26.5. The average molecular weight is 1550 g/mol. The highest BCUT2D eigenvalue weighted by molar-refractivity contribution is 7.93. The van der Waals surface area contributed by atoms with Crippen LogP contribution in [-0.4, -0.2) is 177 Å². The zero-order valence-corrected chi connectivity index (χ0v) is 63.6. The molecule has 26 nitrogen and oxygen atoms in total. The Morgan fingerprint density at radius 3 is 1.68 bits per heavy atom. The van der Waals surface area contributed by atoms with Gasteiger partial charge in [-0.2, -0.15) is 0 Å². The Hall–Kier alpha value is -10.5. The van der Waals surface area contributed by atoms with E-state index in [0.717, 1.165) is 59.5 Å². The number of para-hydroxylation sites is 1. The fourth-order valence-corrected chi connectivity index (χ4v) is 17.6. The number of piperazine rings is 3. The van der Waals surface area contributed by atoms with Gasteiger partial charge in [-0.05, 0) is 166 Å². The van der Waals surface area contributed by atoms with Gasteiger partial charge in [0.15, 0.2) is 5.13 Å². The van der Waals surface area contributed by atoms with Crippen LogP contribution in [0.15, 0.2) is 215 Å². The molecule has 4 amide bonds. The Kier molecular flexibility index (Phi) is 23.8. The number of halogens is 1. The Morgan fingerprint density at radius 2 is 1.14 bits per heavy atom. The maximum atomic E-state index is 13.7. The highest BCUT2D eigenvalue weighted by Crippen LogP contribution is 2.36. The lowest BCUT2D eigenvalue weighted by Crippen LogP contribution is -2.62. The fraction of sp³-hybridized carbons (Fsp3) is 0.303. The first-order chi connectivity index (χ1) is 51.4. The van der Waals surface area contributed by atoms with Crippen molar-refractivity contribution >= 4 is 127 Å². The van der Waals surface area contributed by atoms with E-state index in [1.54, 1.807) is 75.8 Å². The van der Waals surface area contributed by atoms with Crippen LogP contribution >= 0.6 is 22.9 Å². The summed E-state index contributed by atoms with van der Waals surface area (Å²) in [4.78, 5) is 86.0. The number of thiazole rings is 1. The molecule has 14 rings (SSSR count). The number of anilines is 7. The summed E-state index contributed by atoms with van der Waals surface area (Å²) in [5.41, 5.74) is 7.15. The van der Waals surface area contributed by atoms with Gasteiger partial charge < -0.3 is 38.9 Å². The van der Waals surface area contributed by atoms with Gasteiger partial charge in [-0.15, -0.1) is 11.3 Å². The number of nitrogens with one attached hydrogen (secondary N) is 3. The number of carbonyl (C=O) groups is 4. The third-order valence-corrected chi connectivity index (χ3v) is 24.5. The SMILES string of the molecule is CC(C)(C(=O)N1CCN(c2ccc(S(=O)(=O)Nc3nccs3)cc2)C(=O)C1)N1CCCc2cc(Cl)ccc21.CC[C@H](C(=O)N1CCN(c2ccc(S(=O)(=O)Nc3ccncn3)cc2)CC1)c1ccccc1.Cc1cn(CCC(=O)N2CCN(c3ccc(S(=O)(=O)Nc4ccncn4)cc3)CC2)c2ccccc12.[HH].[HH].[HH].[HH]. The molecule has 0 unspecified atom stereocenters. The standard InChI is InChI=1S/C26H28ClN5O4S2.C26H28N6O3S.C24H27N5O3S.4H2/c1-26(2,32-12-3-4-18-16-19(27)5-10-22(18)32)24(34)30-13-14-31(23(33)17-30)20-6-8-21(9-7-20)38(35,36)29-25-28-11-15-37-25;1-20-18-32(24-5-3-2-4-23(20)24)13-11-26(33)31-16-14-30(15-17-31)21-6-8-22(9-7-21)36(34,35)29-25-10-12-27-19-28-25;1-2-22(19-6-4-3-5-7-19)24(30)29-16-14-28(15-17-29)20-8-10-21(11-9-20)33(31,32)27-23-12-13-25-18-26-23;;;;/h5-11,15-16H,3-4,12-14,17H2,1-2H3,(H,28,29);2-10,12,18-19H,11,13-17H2,1H3,(H,27,28,29);3-13,18,22H,2,14-17H2,1H3,(H,25,26,27);4*1H/t;;22-;;;;/m..0..../s1. The minimum absolute atomic E-state index is 0. The van der Waals surface area contributed by atoms with Crippen molar-refractivity contribution in [3.63, 3.8) is 0 Å². The number of aromatic nitrogens is 6. The lowest BCUT2D eigenvalue weighted by atomic mass is 9.93. The molecule has 10 aromatic rings. The molecular formula is C76H91ClN16O10S4. The maximum absolute atomic E-state index is 13.7. The van der Waals surface area contributed by atoms with Crippen LogP contribution in [0.1, 0.15) is 68.3 Å². The molecule has 566 valence electrons. The van der Waals surface area contributed by atoms with E-state index in [-0.39, 0.29) is 73.3 Å². The Bertz CT molecular complexity index is 5120. The fourth-order valence-electron chi connectivity index (χ4n) is 13.6. The molecule has 3 saturated heterocycles. The largest absolute Gasteiger partial charge is 0.368 e. The van der Waals surface area contributed by atoms with E-state index in [1.165, 1.54) is 77.8 Å². The molecule has 0 bridgehead atoms. The molecule has 31 heteroatoms. The van der Waals surface area contributed by atoms with Crippen LogP contribution in [0.25, 0.3) is 10.9 Å². The highest BCUT2D eigenvalue weighted by atomic mass is 35.5. The Morgan fingerprint density at radius 1 is 0.598 bits per heavy atom. The number of aryl methyl sites for hydroxylation is 3. The van der Waals surface area contributed by atoms with Crippen LogP contribution < -0.4 is 33.8 Å². The number of benzene rings is 6. The molecule has 0 spiro atoms. The summed E-state index contributed by atoms with van der Waals surface area (Å²) < 4.78 is 85.1. The van der Waals surface area contributed by atoms with Crippen LogP contribution in [-0.2, 0) is 62.2 Å². The van der Waals surface area contributed by atoms with Crippen LogP contribution in [0.3, 0.4) is 0 Å². The van der Waals surface area contributed by atoms with Crippen LogP contribution in [0.5, 0.6) is 0 Å². The van der Waals surface area contributed by atoms with Gasteiger partial charge in [-0.25, -0.2) is 50.2 Å². The van der Waals surface area contributed by atoms with Gasteiger partial charge in [-0.1, -0.05) is 67.1 Å². The molecule has 4 aliphatic rings. The van der Waals surface area contributed by atoms with Crippen molar-refractivity contribution in [3.8, 4) is 0 Å². The number of hydrogen-bond donors (Lipinski definition) is 3. The summed E-state index contributed by atoms with van der Waals surface area (Å²) in [5, 5.41) is 3.87. The van der Waals surface area contributed by atoms with Gasteiger partial charge in [0.05, 0.1) is 20.6 Å². The van der Waals surface area contributed by atoms with E-state index in [1.807, 2.05) is 91.2 Å². The van der Waals surface area contributed by atoms with Gasteiger partial charge in [0.25, 0.3) is 30.1 Å². The predicted molar refractivity (Wildman–Crippen MR) is 425 cm³/mol. The second kappa shape index (κ2) is 33.5. The molecule has 3 N–H and O–H groups in total. The molecule has 8 heterocycles. The van der Waals surface area contributed by atoms with E-state index >= 15 is 0 Å². The van der Waals surface area contributed by atoms with Crippen LogP contribution in [0.4, 0.5) is 39.5 Å². The molecule has 0 radical (unpaired) electrons. The second-order valence-corrected chi connectivity index (χ2v) is 32.9. The van der Waals surface area contributed by atoms with Crippen LogP contribution in [0, 0.1) is 6.92 Å². The topological polar surface area (TPSA) is 299 Å². The molecule has 0 aliphatic carbocycles. The number of fused-ring (bicyclic) bond motifs is 2.